The summed E-state index contributed by atoms with van der Waals surface area (Å²) in [4.78, 5) is 10.9. The summed E-state index contributed by atoms with van der Waals surface area (Å²) in [7, 11) is 0. The lowest BCUT2D eigenvalue weighted by atomic mass is 9.92. The quantitative estimate of drug-likeness (QED) is 0.708. The van der Waals surface area contributed by atoms with Crippen LogP contribution in [0.5, 0.6) is 11.5 Å². The van der Waals surface area contributed by atoms with Crippen LogP contribution in [0.2, 0.25) is 0 Å². The van der Waals surface area contributed by atoms with Gasteiger partial charge in [-0.3, -0.25) is 4.79 Å². The second-order valence-corrected chi connectivity index (χ2v) is 3.22. The number of carboxylic acid groups (broad SMARTS) is 1. The number of carbonyl (C=O) groups is 1. The van der Waals surface area contributed by atoms with E-state index in [1.165, 1.54) is 6.07 Å². The van der Waals surface area contributed by atoms with E-state index in [2.05, 4.69) is 0 Å². The van der Waals surface area contributed by atoms with E-state index in [0.717, 1.165) is 0 Å². The molecule has 0 radical (unpaired) electrons. The summed E-state index contributed by atoms with van der Waals surface area (Å²) in [6.45, 7) is 0.382. The van der Waals surface area contributed by atoms with E-state index in [1.807, 2.05) is 0 Å². The Labute approximate surface area is 80.7 Å². The fourth-order valence-electron chi connectivity index (χ4n) is 1.69. The molecule has 0 spiro atoms. The van der Waals surface area contributed by atoms with E-state index in [1.54, 1.807) is 12.1 Å². The molecule has 0 aromatic heterocycles. The molecule has 2 N–H and O–H groups in total. The van der Waals surface area contributed by atoms with E-state index in [4.69, 9.17) is 9.84 Å². The third kappa shape index (κ3) is 1.28. The van der Waals surface area contributed by atoms with Gasteiger partial charge in [-0.2, -0.15) is 0 Å². The summed E-state index contributed by atoms with van der Waals surface area (Å²) in [6.07, 6.45) is 0.403. The summed E-state index contributed by atoms with van der Waals surface area (Å²) in [5, 5.41) is 18.5. The van der Waals surface area contributed by atoms with Crippen LogP contribution in [0.25, 0.3) is 0 Å². The predicted octanol–water partition coefficient (Wildman–Crippen LogP) is 1.34. The second-order valence-electron chi connectivity index (χ2n) is 3.22. The smallest absolute Gasteiger partial charge is 0.311 e. The van der Waals surface area contributed by atoms with Crippen molar-refractivity contribution < 1.29 is 19.7 Å². The van der Waals surface area contributed by atoms with Crippen molar-refractivity contribution in [2.45, 2.75) is 12.3 Å². The fourth-order valence-corrected chi connectivity index (χ4v) is 1.69. The van der Waals surface area contributed by atoms with Crippen molar-refractivity contribution in [2.24, 2.45) is 0 Å². The van der Waals surface area contributed by atoms with Gasteiger partial charge in [0.1, 0.15) is 11.5 Å². The highest BCUT2D eigenvalue weighted by Crippen LogP contribution is 2.39. The zero-order valence-electron chi connectivity index (χ0n) is 7.43. The first kappa shape index (κ1) is 8.87. The Morgan fingerprint density at radius 1 is 1.50 bits per heavy atom. The highest BCUT2D eigenvalue weighted by Gasteiger charge is 2.29. The Balaban J connectivity index is 2.52. The molecule has 0 saturated heterocycles. The number of benzene rings is 1. The minimum absolute atomic E-state index is 0.00500. The van der Waals surface area contributed by atoms with Crippen molar-refractivity contribution >= 4 is 5.97 Å². The normalized spacial score (nSPS) is 19.6. The lowest BCUT2D eigenvalue weighted by Gasteiger charge is -2.23. The highest BCUT2D eigenvalue weighted by atomic mass is 16.5. The lowest BCUT2D eigenvalue weighted by Crippen LogP contribution is -2.20. The van der Waals surface area contributed by atoms with E-state index >= 15 is 0 Å². The Bertz CT molecular complexity index is 372. The number of phenolic OH excluding ortho intramolecular Hbond substituents is 1. The van der Waals surface area contributed by atoms with E-state index in [9.17, 15) is 9.90 Å². The van der Waals surface area contributed by atoms with E-state index in [0.29, 0.717) is 24.3 Å². The molecule has 1 heterocycles. The van der Waals surface area contributed by atoms with Crippen LogP contribution in [-0.4, -0.2) is 22.8 Å². The molecule has 1 aromatic carbocycles. The van der Waals surface area contributed by atoms with E-state index < -0.39 is 11.9 Å². The minimum atomic E-state index is -0.920. The van der Waals surface area contributed by atoms with Crippen molar-refractivity contribution in [3.8, 4) is 11.5 Å². The largest absolute Gasteiger partial charge is 0.508 e. The first-order valence-corrected chi connectivity index (χ1v) is 4.37. The number of aromatic hydroxyl groups is 1. The van der Waals surface area contributed by atoms with Gasteiger partial charge < -0.3 is 14.9 Å². The van der Waals surface area contributed by atoms with Gasteiger partial charge in [-0.15, -0.1) is 0 Å². The van der Waals surface area contributed by atoms with Crippen LogP contribution < -0.4 is 4.74 Å². The molecule has 0 amide bonds. The Morgan fingerprint density at radius 2 is 2.29 bits per heavy atom. The number of hydrogen-bond donors (Lipinski definition) is 2. The van der Waals surface area contributed by atoms with Crippen LogP contribution in [0, 0.1) is 0 Å². The summed E-state index contributed by atoms with van der Waals surface area (Å²) in [5.74, 6) is -1.10. The van der Waals surface area contributed by atoms with Gasteiger partial charge in [-0.05, 0) is 18.6 Å². The number of aliphatic carboxylic acids is 1. The molecule has 1 atom stereocenters. The predicted molar refractivity (Wildman–Crippen MR) is 48.6 cm³/mol. The van der Waals surface area contributed by atoms with Gasteiger partial charge in [0.2, 0.25) is 0 Å². The molecule has 2 rings (SSSR count). The molecular formula is C10H10O4. The van der Waals surface area contributed by atoms with Gasteiger partial charge in [-0.1, -0.05) is 6.07 Å². The third-order valence-corrected chi connectivity index (χ3v) is 2.35. The summed E-state index contributed by atoms with van der Waals surface area (Å²) < 4.78 is 5.26. The van der Waals surface area contributed by atoms with Crippen LogP contribution >= 0.6 is 0 Å². The summed E-state index contributed by atoms with van der Waals surface area (Å²) in [6, 6.07) is 4.78. The van der Waals surface area contributed by atoms with Crippen molar-refractivity contribution in [1.82, 2.24) is 0 Å². The number of rotatable bonds is 1. The molecule has 0 fully saturated rings. The van der Waals surface area contributed by atoms with Crippen LogP contribution in [0.15, 0.2) is 18.2 Å². The van der Waals surface area contributed by atoms with Crippen molar-refractivity contribution in [2.75, 3.05) is 6.61 Å². The number of carboxylic acids is 1. The van der Waals surface area contributed by atoms with Crippen LogP contribution in [0.4, 0.5) is 0 Å². The molecule has 0 saturated carbocycles. The molecule has 1 unspecified atom stereocenters. The van der Waals surface area contributed by atoms with Gasteiger partial charge in [0.15, 0.2) is 0 Å². The minimum Gasteiger partial charge on any atom is -0.508 e. The first-order chi connectivity index (χ1) is 6.70. The van der Waals surface area contributed by atoms with Crippen LogP contribution in [0.1, 0.15) is 17.9 Å². The Kier molecular flexibility index (Phi) is 2.04. The van der Waals surface area contributed by atoms with E-state index in [-0.39, 0.29) is 5.75 Å². The maximum atomic E-state index is 10.9. The molecule has 1 aliphatic rings. The van der Waals surface area contributed by atoms with Gasteiger partial charge in [0.05, 0.1) is 18.1 Å². The molecule has 1 aliphatic heterocycles. The number of ether oxygens (including phenoxy) is 1. The fraction of sp³-hybridized carbons (Fsp3) is 0.300. The maximum Gasteiger partial charge on any atom is 0.311 e. The molecule has 0 bridgehead atoms. The van der Waals surface area contributed by atoms with Crippen molar-refractivity contribution in [1.29, 1.82) is 0 Å². The topological polar surface area (TPSA) is 66.8 Å². The monoisotopic (exact) mass is 194 g/mol. The third-order valence-electron chi connectivity index (χ3n) is 2.35. The number of phenols is 1. The lowest BCUT2D eigenvalue weighted by molar-refractivity contribution is -0.139. The average Bonchev–Trinajstić information content (AvgIpc) is 2.17. The zero-order chi connectivity index (χ0) is 10.1. The van der Waals surface area contributed by atoms with Crippen molar-refractivity contribution in [3.05, 3.63) is 23.8 Å². The van der Waals surface area contributed by atoms with Crippen molar-refractivity contribution in [3.63, 3.8) is 0 Å². The summed E-state index contributed by atoms with van der Waals surface area (Å²) >= 11 is 0. The molecule has 4 nitrogen and oxygen atoms in total. The second kappa shape index (κ2) is 3.21. The molecular weight excluding hydrogens is 184 g/mol. The molecule has 1 aromatic rings. The highest BCUT2D eigenvalue weighted by molar-refractivity contribution is 5.79. The standard InChI is InChI=1S/C10H10O4/c11-7-2-1-3-8-9(7)6(10(12)13)4-5-14-8/h1-3,6,11H,4-5H2,(H,12,13). The first-order valence-electron chi connectivity index (χ1n) is 4.37. The molecule has 14 heavy (non-hydrogen) atoms. The van der Waals surface area contributed by atoms with Crippen LogP contribution in [0.3, 0.4) is 0 Å². The van der Waals surface area contributed by atoms with Gasteiger partial charge >= 0.3 is 5.97 Å². The average molecular weight is 194 g/mol. The number of hydrogen-bond acceptors (Lipinski definition) is 3. The summed E-state index contributed by atoms with van der Waals surface area (Å²) in [5.41, 5.74) is 0.395. The van der Waals surface area contributed by atoms with Gasteiger partial charge in [0.25, 0.3) is 0 Å². The van der Waals surface area contributed by atoms with Crippen LogP contribution in [-0.2, 0) is 4.79 Å². The van der Waals surface area contributed by atoms with Gasteiger partial charge in [0, 0.05) is 0 Å². The Morgan fingerprint density at radius 3 is 3.00 bits per heavy atom. The Hall–Kier alpha value is -1.71. The molecule has 0 aliphatic carbocycles. The maximum absolute atomic E-state index is 10.9. The van der Waals surface area contributed by atoms with Gasteiger partial charge in [-0.25, -0.2) is 0 Å². The molecule has 74 valence electrons. The molecule has 4 heteroatoms. The number of fused-ring (bicyclic) bond motifs is 1. The zero-order valence-corrected chi connectivity index (χ0v) is 7.43. The SMILES string of the molecule is O=C(O)C1CCOc2cccc(O)c21.